The van der Waals surface area contributed by atoms with Gasteiger partial charge in [-0.05, 0) is 37.1 Å². The van der Waals surface area contributed by atoms with Gasteiger partial charge in [-0.3, -0.25) is 14.3 Å². The maximum Gasteiger partial charge on any atom is 0.251 e. The lowest BCUT2D eigenvalue weighted by atomic mass is 9.63. The highest BCUT2D eigenvalue weighted by Crippen LogP contribution is 2.49. The van der Waals surface area contributed by atoms with Crippen molar-refractivity contribution in [3.63, 3.8) is 0 Å². The molecule has 1 aromatic heterocycles. The number of aryl methyl sites for hydroxylation is 1. The molecule has 25 heavy (non-hydrogen) atoms. The van der Waals surface area contributed by atoms with Gasteiger partial charge in [0, 0.05) is 35.3 Å². The molecule has 1 aromatic carbocycles. The first-order chi connectivity index (χ1) is 11.9. The zero-order valence-electron chi connectivity index (χ0n) is 14.1. The second kappa shape index (κ2) is 6.68. The number of carbonyl (C=O) groups excluding carboxylic acids is 2. The number of hydrogen-bond acceptors (Lipinski definition) is 4. The van der Waals surface area contributed by atoms with Crippen LogP contribution in [-0.2, 0) is 7.05 Å². The minimum Gasteiger partial charge on any atom is -0.396 e. The summed E-state index contributed by atoms with van der Waals surface area (Å²) in [6.07, 6.45) is 6.31. The largest absolute Gasteiger partial charge is 0.396 e. The molecule has 0 bridgehead atoms. The maximum absolute atomic E-state index is 12.7. The lowest BCUT2D eigenvalue weighted by Crippen LogP contribution is -2.47. The number of nitrogens with two attached hydrogens (primary N) is 1. The summed E-state index contributed by atoms with van der Waals surface area (Å²) in [6.45, 7) is 0.00739. The van der Waals surface area contributed by atoms with Crippen LogP contribution >= 0.6 is 0 Å². The Labute approximate surface area is 145 Å². The predicted octanol–water partition coefficient (Wildman–Crippen LogP) is 1.15. The molecule has 3 rings (SSSR count). The van der Waals surface area contributed by atoms with Gasteiger partial charge in [0.1, 0.15) is 0 Å². The van der Waals surface area contributed by atoms with E-state index in [1.807, 2.05) is 13.2 Å². The monoisotopic (exact) mass is 342 g/mol. The van der Waals surface area contributed by atoms with E-state index in [0.717, 1.165) is 24.8 Å². The van der Waals surface area contributed by atoms with E-state index in [4.69, 9.17) is 5.73 Å². The molecule has 1 atom stereocenters. The van der Waals surface area contributed by atoms with Crippen molar-refractivity contribution >= 4 is 11.8 Å². The van der Waals surface area contributed by atoms with E-state index in [-0.39, 0.29) is 24.0 Å². The average molecular weight is 342 g/mol. The number of carbonyl (C=O) groups is 2. The summed E-state index contributed by atoms with van der Waals surface area (Å²) in [5, 5.41) is 17.2. The Morgan fingerprint density at radius 3 is 2.40 bits per heavy atom. The Bertz CT molecular complexity index is 772. The molecule has 1 heterocycles. The molecule has 0 saturated heterocycles. The molecule has 1 fully saturated rings. The Hall–Kier alpha value is -2.67. The Balaban J connectivity index is 1.84. The summed E-state index contributed by atoms with van der Waals surface area (Å²) in [7, 11) is 1.82. The van der Waals surface area contributed by atoms with Gasteiger partial charge in [0.2, 0.25) is 5.91 Å². The third kappa shape index (κ3) is 3.28. The van der Waals surface area contributed by atoms with E-state index >= 15 is 0 Å². The van der Waals surface area contributed by atoms with Gasteiger partial charge in [0.05, 0.1) is 18.8 Å². The summed E-state index contributed by atoms with van der Waals surface area (Å²) < 4.78 is 1.68. The number of amides is 2. The molecule has 1 aliphatic carbocycles. The number of aliphatic hydroxyl groups excluding tert-OH is 1. The van der Waals surface area contributed by atoms with Crippen molar-refractivity contribution in [3.8, 4) is 0 Å². The van der Waals surface area contributed by atoms with Crippen LogP contribution in [0, 0.1) is 5.41 Å². The molecule has 132 valence electrons. The zero-order chi connectivity index (χ0) is 18.0. The second-order valence-corrected chi connectivity index (χ2v) is 6.67. The lowest BCUT2D eigenvalue weighted by Gasteiger charge is -2.46. The Morgan fingerprint density at radius 1 is 1.32 bits per heavy atom. The van der Waals surface area contributed by atoms with Crippen LogP contribution in [0.25, 0.3) is 0 Å². The second-order valence-electron chi connectivity index (χ2n) is 6.67. The molecule has 2 aromatic rings. The number of aliphatic hydroxyl groups is 1. The Kier molecular flexibility index (Phi) is 4.59. The van der Waals surface area contributed by atoms with Crippen molar-refractivity contribution in [2.24, 2.45) is 18.2 Å². The predicted molar refractivity (Wildman–Crippen MR) is 91.7 cm³/mol. The number of primary amides is 1. The molecular weight excluding hydrogens is 320 g/mol. The first-order valence-electron chi connectivity index (χ1n) is 8.25. The van der Waals surface area contributed by atoms with Crippen LogP contribution < -0.4 is 11.1 Å². The highest BCUT2D eigenvalue weighted by Gasteiger charge is 2.45. The van der Waals surface area contributed by atoms with Crippen LogP contribution in [0.2, 0.25) is 0 Å². The summed E-state index contributed by atoms with van der Waals surface area (Å²) in [4.78, 5) is 23.8. The van der Waals surface area contributed by atoms with E-state index < -0.39 is 5.91 Å². The topological polar surface area (TPSA) is 110 Å². The zero-order valence-corrected chi connectivity index (χ0v) is 14.1. The van der Waals surface area contributed by atoms with Gasteiger partial charge in [-0.2, -0.15) is 5.10 Å². The van der Waals surface area contributed by atoms with Gasteiger partial charge in [-0.25, -0.2) is 0 Å². The van der Waals surface area contributed by atoms with E-state index in [1.165, 1.54) is 12.1 Å². The van der Waals surface area contributed by atoms with Crippen LogP contribution in [0.1, 0.15) is 51.6 Å². The number of benzene rings is 1. The molecule has 1 aliphatic rings. The van der Waals surface area contributed by atoms with Crippen LogP contribution in [0.15, 0.2) is 36.7 Å². The van der Waals surface area contributed by atoms with Crippen LogP contribution in [0.4, 0.5) is 0 Å². The smallest absolute Gasteiger partial charge is 0.251 e. The number of nitrogens with one attached hydrogen (secondary N) is 1. The van der Waals surface area contributed by atoms with Crippen molar-refractivity contribution in [2.75, 3.05) is 6.61 Å². The number of rotatable bonds is 6. The van der Waals surface area contributed by atoms with Crippen LogP contribution in [-0.4, -0.2) is 33.3 Å². The fraction of sp³-hybridized carbons (Fsp3) is 0.389. The van der Waals surface area contributed by atoms with E-state index in [9.17, 15) is 14.7 Å². The first-order valence-corrected chi connectivity index (χ1v) is 8.25. The molecule has 2 amide bonds. The van der Waals surface area contributed by atoms with Gasteiger partial charge in [-0.15, -0.1) is 0 Å². The van der Waals surface area contributed by atoms with Crippen LogP contribution in [0.3, 0.4) is 0 Å². The molecule has 0 aliphatic heterocycles. The van der Waals surface area contributed by atoms with Crippen molar-refractivity contribution < 1.29 is 14.7 Å². The molecule has 4 N–H and O–H groups in total. The summed E-state index contributed by atoms with van der Waals surface area (Å²) in [6, 6.07) is 5.89. The van der Waals surface area contributed by atoms with Gasteiger partial charge >= 0.3 is 0 Å². The average Bonchev–Trinajstić information content (AvgIpc) is 2.99. The molecular formula is C18H22N4O3. The molecule has 7 heteroatoms. The minimum atomic E-state index is -0.533. The minimum absolute atomic E-state index is 0.00739. The molecule has 0 unspecified atom stereocenters. The number of nitrogens with zero attached hydrogens (tertiary/aromatic N) is 2. The van der Waals surface area contributed by atoms with E-state index in [2.05, 4.69) is 10.4 Å². The number of aromatic nitrogens is 2. The van der Waals surface area contributed by atoms with Gasteiger partial charge in [0.15, 0.2) is 0 Å². The van der Waals surface area contributed by atoms with Gasteiger partial charge < -0.3 is 16.2 Å². The van der Waals surface area contributed by atoms with Crippen molar-refractivity contribution in [1.82, 2.24) is 15.1 Å². The normalized spacial score (nSPS) is 16.7. The maximum atomic E-state index is 12.7. The van der Waals surface area contributed by atoms with E-state index in [1.54, 1.807) is 23.0 Å². The standard InChI is InChI=1S/C18H22N4O3/c1-22-10-14(9-20-22)15(18(11-23)7-2-8-18)21-17(25)13-5-3-12(4-6-13)16(19)24/h3-6,9-10,15,23H,2,7-8,11H2,1H3,(H2,19,24)(H,21,25)/t15-/m1/s1. The highest BCUT2D eigenvalue weighted by molar-refractivity contribution is 5.97. The summed E-state index contributed by atoms with van der Waals surface area (Å²) in [5.41, 5.74) is 6.53. The molecule has 0 spiro atoms. The Morgan fingerprint density at radius 2 is 1.96 bits per heavy atom. The molecule has 7 nitrogen and oxygen atoms in total. The quantitative estimate of drug-likeness (QED) is 0.731. The van der Waals surface area contributed by atoms with Crippen LogP contribution in [0.5, 0.6) is 0 Å². The third-order valence-corrected chi connectivity index (χ3v) is 5.04. The van der Waals surface area contributed by atoms with Crippen molar-refractivity contribution in [1.29, 1.82) is 0 Å². The molecule has 1 saturated carbocycles. The van der Waals surface area contributed by atoms with Crippen molar-refractivity contribution in [2.45, 2.75) is 25.3 Å². The van der Waals surface area contributed by atoms with Gasteiger partial charge in [0.25, 0.3) is 5.91 Å². The lowest BCUT2D eigenvalue weighted by molar-refractivity contribution is 0.00598. The summed E-state index contributed by atoms with van der Waals surface area (Å²) in [5.74, 6) is -0.793. The van der Waals surface area contributed by atoms with Crippen molar-refractivity contribution in [3.05, 3.63) is 53.3 Å². The third-order valence-electron chi connectivity index (χ3n) is 5.04. The number of hydrogen-bond donors (Lipinski definition) is 3. The summed E-state index contributed by atoms with van der Waals surface area (Å²) >= 11 is 0. The van der Waals surface area contributed by atoms with Gasteiger partial charge in [-0.1, -0.05) is 6.42 Å². The first kappa shape index (κ1) is 17.2. The SMILES string of the molecule is Cn1cc([C@@H](NC(=O)c2ccc(C(N)=O)cc2)C2(CO)CCC2)cn1. The fourth-order valence-corrected chi connectivity index (χ4v) is 3.35. The van der Waals surface area contributed by atoms with E-state index in [0.29, 0.717) is 11.1 Å². The molecule has 0 radical (unpaired) electrons. The highest BCUT2D eigenvalue weighted by atomic mass is 16.3. The fourth-order valence-electron chi connectivity index (χ4n) is 3.35.